The summed E-state index contributed by atoms with van der Waals surface area (Å²) in [6.07, 6.45) is 0. The maximum Gasteiger partial charge on any atom is 0.264 e. The topological polar surface area (TPSA) is 94.2 Å². The van der Waals surface area contributed by atoms with Crippen LogP contribution in [-0.2, 0) is 11.3 Å². The molecule has 1 aromatic heterocycles. The second-order valence-corrected chi connectivity index (χ2v) is 5.52. The summed E-state index contributed by atoms with van der Waals surface area (Å²) in [4.78, 5) is 36.0. The molecule has 23 heavy (non-hydrogen) atoms. The molecule has 0 fully saturated rings. The lowest BCUT2D eigenvalue weighted by molar-refractivity contribution is -0.116. The minimum Gasteiger partial charge on any atom is -0.365 e. The van der Waals surface area contributed by atoms with Gasteiger partial charge in [0.2, 0.25) is 5.91 Å². The quantitative estimate of drug-likeness (QED) is 0.896. The summed E-state index contributed by atoms with van der Waals surface area (Å²) in [6, 6.07) is 9.02. The third-order valence-corrected chi connectivity index (χ3v) is 3.55. The number of anilines is 1. The van der Waals surface area contributed by atoms with Crippen molar-refractivity contribution in [2.75, 3.05) is 5.32 Å². The lowest BCUT2D eigenvalue weighted by Crippen LogP contribution is -2.35. The summed E-state index contributed by atoms with van der Waals surface area (Å²) < 4.78 is 1.25. The number of aryl methyl sites for hydroxylation is 3. The molecular formula is C17H19N3O3. The molecule has 0 aliphatic rings. The molecule has 1 aromatic carbocycles. The first kappa shape index (κ1) is 16.5. The van der Waals surface area contributed by atoms with Gasteiger partial charge in [-0.3, -0.25) is 14.4 Å². The van der Waals surface area contributed by atoms with E-state index in [4.69, 9.17) is 5.73 Å². The summed E-state index contributed by atoms with van der Waals surface area (Å²) in [5, 5.41) is 2.73. The molecule has 0 unspecified atom stereocenters. The number of pyridine rings is 1. The minimum absolute atomic E-state index is 0.0843. The average molecular weight is 313 g/mol. The van der Waals surface area contributed by atoms with Gasteiger partial charge in [0.25, 0.3) is 11.5 Å². The number of rotatable bonds is 4. The Hall–Kier alpha value is -2.89. The number of nitrogens with one attached hydrogen (secondary N) is 1. The SMILES string of the molecule is Cc1cccc(NC(=O)Cn2c(C)cc(C)c(C(N)=O)c2=O)c1. The standard InChI is InChI=1S/C17H19N3O3/c1-10-5-4-6-13(7-10)19-14(21)9-20-12(3)8-11(2)15(16(18)22)17(20)23/h4-8H,9H2,1-3H3,(H2,18,22)(H,19,21). The molecule has 2 aromatic rings. The molecule has 0 radical (unpaired) electrons. The highest BCUT2D eigenvalue weighted by Gasteiger charge is 2.16. The average Bonchev–Trinajstić information content (AvgIpc) is 2.42. The van der Waals surface area contributed by atoms with Crippen molar-refractivity contribution in [1.29, 1.82) is 0 Å². The number of amides is 2. The lowest BCUT2D eigenvalue weighted by Gasteiger charge is -2.13. The number of benzene rings is 1. The van der Waals surface area contributed by atoms with E-state index in [0.717, 1.165) is 5.56 Å². The van der Waals surface area contributed by atoms with Gasteiger partial charge >= 0.3 is 0 Å². The zero-order valence-electron chi connectivity index (χ0n) is 13.3. The Morgan fingerprint density at radius 1 is 1.17 bits per heavy atom. The third-order valence-electron chi connectivity index (χ3n) is 3.55. The van der Waals surface area contributed by atoms with Gasteiger partial charge in [0.05, 0.1) is 0 Å². The van der Waals surface area contributed by atoms with Gasteiger partial charge in [-0.1, -0.05) is 12.1 Å². The molecule has 0 atom stereocenters. The number of nitrogens with two attached hydrogens (primary N) is 1. The van der Waals surface area contributed by atoms with E-state index >= 15 is 0 Å². The van der Waals surface area contributed by atoms with Crippen LogP contribution in [0.25, 0.3) is 0 Å². The second kappa shape index (κ2) is 6.48. The Morgan fingerprint density at radius 3 is 2.48 bits per heavy atom. The van der Waals surface area contributed by atoms with Crippen LogP contribution in [0, 0.1) is 20.8 Å². The Balaban J connectivity index is 2.29. The van der Waals surface area contributed by atoms with Gasteiger partial charge < -0.3 is 15.6 Å². The number of nitrogens with zero attached hydrogens (tertiary/aromatic N) is 1. The minimum atomic E-state index is -0.791. The molecular weight excluding hydrogens is 294 g/mol. The fraction of sp³-hybridized carbons (Fsp3) is 0.235. The molecule has 0 saturated heterocycles. The van der Waals surface area contributed by atoms with Crippen molar-refractivity contribution in [3.63, 3.8) is 0 Å². The molecule has 2 rings (SSSR count). The highest BCUT2D eigenvalue weighted by atomic mass is 16.2. The number of carbonyl (C=O) groups excluding carboxylic acids is 2. The summed E-state index contributed by atoms with van der Waals surface area (Å²) in [6.45, 7) is 5.09. The fourth-order valence-electron chi connectivity index (χ4n) is 2.49. The van der Waals surface area contributed by atoms with Crippen LogP contribution in [0.1, 0.15) is 27.2 Å². The van der Waals surface area contributed by atoms with Crippen molar-refractivity contribution in [3.05, 3.63) is 63.1 Å². The van der Waals surface area contributed by atoms with Gasteiger partial charge in [-0.15, -0.1) is 0 Å². The van der Waals surface area contributed by atoms with E-state index in [1.165, 1.54) is 4.57 Å². The maximum atomic E-state index is 12.4. The second-order valence-electron chi connectivity index (χ2n) is 5.52. The zero-order chi connectivity index (χ0) is 17.1. The summed E-state index contributed by atoms with van der Waals surface area (Å²) in [5.41, 5.74) is 7.40. The monoisotopic (exact) mass is 313 g/mol. The van der Waals surface area contributed by atoms with Crippen molar-refractivity contribution in [2.45, 2.75) is 27.3 Å². The van der Waals surface area contributed by atoms with Crippen molar-refractivity contribution in [2.24, 2.45) is 5.73 Å². The van der Waals surface area contributed by atoms with Gasteiger partial charge in [-0.05, 0) is 50.1 Å². The normalized spacial score (nSPS) is 10.4. The van der Waals surface area contributed by atoms with Crippen molar-refractivity contribution in [3.8, 4) is 0 Å². The van der Waals surface area contributed by atoms with Gasteiger partial charge in [0.15, 0.2) is 0 Å². The third kappa shape index (κ3) is 3.66. The van der Waals surface area contributed by atoms with Gasteiger partial charge in [-0.25, -0.2) is 0 Å². The predicted molar refractivity (Wildman–Crippen MR) is 88.5 cm³/mol. The molecule has 120 valence electrons. The van der Waals surface area contributed by atoms with E-state index in [1.54, 1.807) is 26.0 Å². The molecule has 0 saturated carbocycles. The molecule has 0 aliphatic heterocycles. The number of hydrogen-bond donors (Lipinski definition) is 2. The van der Waals surface area contributed by atoms with Crippen LogP contribution >= 0.6 is 0 Å². The highest BCUT2D eigenvalue weighted by molar-refractivity contribution is 5.94. The van der Waals surface area contributed by atoms with Crippen LogP contribution in [0.3, 0.4) is 0 Å². The predicted octanol–water partition coefficient (Wildman–Crippen LogP) is 1.51. The van der Waals surface area contributed by atoms with Crippen molar-refractivity contribution < 1.29 is 9.59 Å². The van der Waals surface area contributed by atoms with Crippen LogP contribution in [0.2, 0.25) is 0 Å². The number of primary amides is 1. The molecule has 0 aliphatic carbocycles. The molecule has 6 nitrogen and oxygen atoms in total. The van der Waals surface area contributed by atoms with Crippen molar-refractivity contribution >= 4 is 17.5 Å². The van der Waals surface area contributed by atoms with Crippen LogP contribution < -0.4 is 16.6 Å². The molecule has 0 bridgehead atoms. The Labute approximate surface area is 133 Å². The Bertz CT molecular complexity index is 837. The van der Waals surface area contributed by atoms with Crippen LogP contribution in [0.15, 0.2) is 35.1 Å². The van der Waals surface area contributed by atoms with Crippen molar-refractivity contribution in [1.82, 2.24) is 4.57 Å². The van der Waals surface area contributed by atoms with Crippen LogP contribution in [-0.4, -0.2) is 16.4 Å². The Kier molecular flexibility index (Phi) is 4.64. The largest absolute Gasteiger partial charge is 0.365 e. The molecule has 6 heteroatoms. The molecule has 0 spiro atoms. The van der Waals surface area contributed by atoms with E-state index in [1.807, 2.05) is 25.1 Å². The molecule has 2 amide bonds. The van der Waals surface area contributed by atoms with E-state index in [0.29, 0.717) is 16.9 Å². The van der Waals surface area contributed by atoms with Gasteiger partial charge in [0, 0.05) is 11.4 Å². The van der Waals surface area contributed by atoms with Gasteiger partial charge in [-0.2, -0.15) is 0 Å². The summed E-state index contributed by atoms with van der Waals surface area (Å²) >= 11 is 0. The van der Waals surface area contributed by atoms with Crippen LogP contribution in [0.5, 0.6) is 0 Å². The van der Waals surface area contributed by atoms with Crippen LogP contribution in [0.4, 0.5) is 5.69 Å². The fourth-order valence-corrected chi connectivity index (χ4v) is 2.49. The maximum absolute atomic E-state index is 12.4. The Morgan fingerprint density at radius 2 is 1.87 bits per heavy atom. The number of carbonyl (C=O) groups is 2. The van der Waals surface area contributed by atoms with E-state index in [2.05, 4.69) is 5.32 Å². The first-order valence-corrected chi connectivity index (χ1v) is 7.17. The lowest BCUT2D eigenvalue weighted by atomic mass is 10.1. The van der Waals surface area contributed by atoms with E-state index in [9.17, 15) is 14.4 Å². The summed E-state index contributed by atoms with van der Waals surface area (Å²) in [7, 11) is 0. The first-order valence-electron chi connectivity index (χ1n) is 7.17. The molecule has 3 N–H and O–H groups in total. The van der Waals surface area contributed by atoms with E-state index < -0.39 is 11.5 Å². The first-order chi connectivity index (χ1) is 10.8. The number of hydrogen-bond acceptors (Lipinski definition) is 3. The summed E-state index contributed by atoms with van der Waals surface area (Å²) in [5.74, 6) is -1.14. The van der Waals surface area contributed by atoms with E-state index in [-0.39, 0.29) is 18.0 Å². The molecule has 1 heterocycles. The number of aromatic nitrogens is 1. The highest BCUT2D eigenvalue weighted by Crippen LogP contribution is 2.10. The zero-order valence-corrected chi connectivity index (χ0v) is 13.3. The smallest absolute Gasteiger partial charge is 0.264 e. The van der Waals surface area contributed by atoms with Gasteiger partial charge in [0.1, 0.15) is 12.1 Å².